The van der Waals surface area contributed by atoms with Gasteiger partial charge in [-0.15, -0.1) is 0 Å². The van der Waals surface area contributed by atoms with Crippen molar-refractivity contribution < 1.29 is 9.47 Å². The monoisotopic (exact) mass is 150 g/mol. The SMILES string of the molecule is COC1(c2ccccc2)CO1. The van der Waals surface area contributed by atoms with Crippen molar-refractivity contribution >= 4 is 0 Å². The molecule has 1 fully saturated rings. The van der Waals surface area contributed by atoms with Gasteiger partial charge in [0.1, 0.15) is 6.61 Å². The summed E-state index contributed by atoms with van der Waals surface area (Å²) in [6, 6.07) is 9.97. The standard InChI is InChI=1S/C9H10O2/c1-10-9(7-11-9)8-5-3-2-4-6-8/h2-6H,7H2,1H3. The van der Waals surface area contributed by atoms with E-state index in [4.69, 9.17) is 9.47 Å². The summed E-state index contributed by atoms with van der Waals surface area (Å²) in [6.07, 6.45) is 0. The van der Waals surface area contributed by atoms with Gasteiger partial charge < -0.3 is 9.47 Å². The fourth-order valence-corrected chi connectivity index (χ4v) is 1.16. The molecule has 0 saturated carbocycles. The van der Waals surface area contributed by atoms with Gasteiger partial charge in [-0.05, 0) is 0 Å². The lowest BCUT2D eigenvalue weighted by Gasteiger charge is -2.08. The van der Waals surface area contributed by atoms with Crippen LogP contribution < -0.4 is 0 Å². The number of ether oxygens (including phenoxy) is 2. The van der Waals surface area contributed by atoms with Crippen molar-refractivity contribution in [2.45, 2.75) is 5.79 Å². The molecule has 2 heteroatoms. The first-order chi connectivity index (χ1) is 5.37. The van der Waals surface area contributed by atoms with Crippen molar-refractivity contribution in [3.05, 3.63) is 35.9 Å². The lowest BCUT2D eigenvalue weighted by atomic mass is 10.1. The maximum absolute atomic E-state index is 5.21. The highest BCUT2D eigenvalue weighted by Crippen LogP contribution is 2.38. The number of methoxy groups -OCH3 is 1. The van der Waals surface area contributed by atoms with E-state index in [0.717, 1.165) is 5.56 Å². The van der Waals surface area contributed by atoms with Gasteiger partial charge in [0.2, 0.25) is 5.79 Å². The molecular formula is C9H10O2. The highest BCUT2D eigenvalue weighted by atomic mass is 16.8. The van der Waals surface area contributed by atoms with Gasteiger partial charge in [0.05, 0.1) is 0 Å². The molecule has 2 nitrogen and oxygen atoms in total. The summed E-state index contributed by atoms with van der Waals surface area (Å²) in [5.74, 6) is -0.415. The summed E-state index contributed by atoms with van der Waals surface area (Å²) in [6.45, 7) is 0.674. The van der Waals surface area contributed by atoms with Gasteiger partial charge in [-0.2, -0.15) is 0 Å². The van der Waals surface area contributed by atoms with E-state index in [9.17, 15) is 0 Å². The van der Waals surface area contributed by atoms with E-state index in [-0.39, 0.29) is 0 Å². The van der Waals surface area contributed by atoms with Crippen LogP contribution in [0.1, 0.15) is 5.56 Å². The second-order valence-corrected chi connectivity index (χ2v) is 2.61. The first kappa shape index (κ1) is 6.83. The molecule has 58 valence electrons. The van der Waals surface area contributed by atoms with Gasteiger partial charge in [-0.1, -0.05) is 30.3 Å². The van der Waals surface area contributed by atoms with Crippen LogP contribution in [0.3, 0.4) is 0 Å². The van der Waals surface area contributed by atoms with Crippen LogP contribution in [0.2, 0.25) is 0 Å². The molecule has 11 heavy (non-hydrogen) atoms. The van der Waals surface area contributed by atoms with E-state index in [2.05, 4.69) is 0 Å². The number of hydrogen-bond acceptors (Lipinski definition) is 2. The van der Waals surface area contributed by atoms with E-state index in [1.165, 1.54) is 0 Å². The first-order valence-corrected chi connectivity index (χ1v) is 3.62. The van der Waals surface area contributed by atoms with Crippen molar-refractivity contribution in [2.24, 2.45) is 0 Å². The largest absolute Gasteiger partial charge is 0.347 e. The van der Waals surface area contributed by atoms with Crippen LogP contribution in [0.4, 0.5) is 0 Å². The zero-order valence-electron chi connectivity index (χ0n) is 6.41. The fraction of sp³-hybridized carbons (Fsp3) is 0.333. The summed E-state index contributed by atoms with van der Waals surface area (Å²) in [4.78, 5) is 0. The van der Waals surface area contributed by atoms with E-state index in [1.807, 2.05) is 30.3 Å². The summed E-state index contributed by atoms with van der Waals surface area (Å²) in [5, 5.41) is 0. The van der Waals surface area contributed by atoms with Gasteiger partial charge in [-0.3, -0.25) is 0 Å². The average Bonchev–Trinajstić information content (AvgIpc) is 2.86. The van der Waals surface area contributed by atoms with E-state index < -0.39 is 5.79 Å². The Labute approximate surface area is 65.7 Å². The molecule has 0 spiro atoms. The molecule has 0 aliphatic carbocycles. The molecule has 0 N–H and O–H groups in total. The van der Waals surface area contributed by atoms with E-state index >= 15 is 0 Å². The van der Waals surface area contributed by atoms with Gasteiger partial charge >= 0.3 is 0 Å². The molecule has 1 saturated heterocycles. The topological polar surface area (TPSA) is 21.8 Å². The molecule has 1 unspecified atom stereocenters. The van der Waals surface area contributed by atoms with Crippen LogP contribution in [-0.4, -0.2) is 13.7 Å². The van der Waals surface area contributed by atoms with Gasteiger partial charge in [0.25, 0.3) is 0 Å². The zero-order chi connectivity index (χ0) is 7.73. The Kier molecular flexibility index (Phi) is 1.44. The molecule has 1 aromatic carbocycles. The third kappa shape index (κ3) is 1.04. The smallest absolute Gasteiger partial charge is 0.219 e. The van der Waals surface area contributed by atoms with Crippen LogP contribution in [0, 0.1) is 0 Å². The molecule has 0 bridgehead atoms. The minimum absolute atomic E-state index is 0.415. The molecule has 1 heterocycles. The molecule has 2 rings (SSSR count). The third-order valence-corrected chi connectivity index (χ3v) is 1.95. The molecule has 0 radical (unpaired) electrons. The van der Waals surface area contributed by atoms with Gasteiger partial charge in [-0.25, -0.2) is 0 Å². The number of rotatable bonds is 2. The Morgan fingerprint density at radius 3 is 2.45 bits per heavy atom. The Morgan fingerprint density at radius 1 is 1.36 bits per heavy atom. The van der Waals surface area contributed by atoms with Crippen molar-refractivity contribution in [1.29, 1.82) is 0 Å². The van der Waals surface area contributed by atoms with Crippen LogP contribution >= 0.6 is 0 Å². The molecule has 1 aliphatic heterocycles. The van der Waals surface area contributed by atoms with Crippen LogP contribution in [0.15, 0.2) is 30.3 Å². The minimum Gasteiger partial charge on any atom is -0.347 e. The van der Waals surface area contributed by atoms with E-state index in [0.29, 0.717) is 6.61 Å². The third-order valence-electron chi connectivity index (χ3n) is 1.95. The summed E-state index contributed by atoms with van der Waals surface area (Å²) < 4.78 is 10.4. The lowest BCUT2D eigenvalue weighted by Crippen LogP contribution is -2.10. The molecule has 1 aromatic rings. The van der Waals surface area contributed by atoms with E-state index in [1.54, 1.807) is 7.11 Å². The Morgan fingerprint density at radius 2 is 2.00 bits per heavy atom. The maximum Gasteiger partial charge on any atom is 0.219 e. The first-order valence-electron chi connectivity index (χ1n) is 3.62. The number of hydrogen-bond donors (Lipinski definition) is 0. The Bertz CT molecular complexity index is 239. The Hall–Kier alpha value is -0.860. The maximum atomic E-state index is 5.21. The van der Waals surface area contributed by atoms with Gasteiger partial charge in [0.15, 0.2) is 0 Å². The van der Waals surface area contributed by atoms with Crippen molar-refractivity contribution in [2.75, 3.05) is 13.7 Å². The van der Waals surface area contributed by atoms with Crippen LogP contribution in [0.25, 0.3) is 0 Å². The summed E-state index contributed by atoms with van der Waals surface area (Å²) >= 11 is 0. The second-order valence-electron chi connectivity index (χ2n) is 2.61. The lowest BCUT2D eigenvalue weighted by molar-refractivity contribution is -0.0138. The normalized spacial score (nSPS) is 28.5. The van der Waals surface area contributed by atoms with Crippen LogP contribution in [-0.2, 0) is 15.3 Å². The molecule has 1 atom stereocenters. The molecular weight excluding hydrogens is 140 g/mol. The molecule has 0 amide bonds. The minimum atomic E-state index is -0.415. The zero-order valence-corrected chi connectivity index (χ0v) is 6.41. The molecule has 0 aromatic heterocycles. The van der Waals surface area contributed by atoms with Crippen LogP contribution in [0.5, 0.6) is 0 Å². The highest BCUT2D eigenvalue weighted by Gasteiger charge is 2.46. The second kappa shape index (κ2) is 2.32. The Balaban J connectivity index is 2.30. The highest BCUT2D eigenvalue weighted by molar-refractivity contribution is 5.23. The quantitative estimate of drug-likeness (QED) is 0.596. The van der Waals surface area contributed by atoms with Gasteiger partial charge in [0, 0.05) is 12.7 Å². The van der Waals surface area contributed by atoms with Crippen molar-refractivity contribution in [1.82, 2.24) is 0 Å². The van der Waals surface area contributed by atoms with Crippen molar-refractivity contribution in [3.63, 3.8) is 0 Å². The average molecular weight is 150 g/mol. The summed E-state index contributed by atoms with van der Waals surface area (Å²) in [5.41, 5.74) is 1.10. The molecule has 1 aliphatic rings. The number of epoxide rings is 1. The number of benzene rings is 1. The summed E-state index contributed by atoms with van der Waals surface area (Å²) in [7, 11) is 1.67. The predicted molar refractivity (Wildman–Crippen MR) is 41.1 cm³/mol. The van der Waals surface area contributed by atoms with Crippen molar-refractivity contribution in [3.8, 4) is 0 Å². The fourth-order valence-electron chi connectivity index (χ4n) is 1.16. The predicted octanol–water partition coefficient (Wildman–Crippen LogP) is 1.52.